The third kappa shape index (κ3) is 4.73. The summed E-state index contributed by atoms with van der Waals surface area (Å²) in [5.74, 6) is 0.0182. The molecule has 1 amide bonds. The van der Waals surface area contributed by atoms with E-state index in [1.807, 2.05) is 0 Å². The summed E-state index contributed by atoms with van der Waals surface area (Å²) in [6, 6.07) is 0. The number of aliphatic hydroxyl groups excluding tert-OH is 1. The molecule has 0 aromatic carbocycles. The Balaban J connectivity index is 2.22. The standard InChI is InChI=1S/C12H21NO4/c1-2-17-12(16)4-3-11(15)13-7-5-10(9-14)6-8-13/h10,14H,2-9H2,1H3. The number of carbonyl (C=O) groups excluding carboxylic acids is 2. The summed E-state index contributed by atoms with van der Waals surface area (Å²) in [7, 11) is 0. The van der Waals surface area contributed by atoms with Gasteiger partial charge in [0.2, 0.25) is 5.91 Å². The molecule has 1 saturated heterocycles. The van der Waals surface area contributed by atoms with Crippen LogP contribution in [0.15, 0.2) is 0 Å². The van der Waals surface area contributed by atoms with Crippen LogP contribution in [0, 0.1) is 5.92 Å². The van der Waals surface area contributed by atoms with Crippen LogP contribution in [0.3, 0.4) is 0 Å². The van der Waals surface area contributed by atoms with Gasteiger partial charge >= 0.3 is 5.97 Å². The van der Waals surface area contributed by atoms with Crippen LogP contribution in [0.5, 0.6) is 0 Å². The van der Waals surface area contributed by atoms with Crippen molar-refractivity contribution in [3.8, 4) is 0 Å². The van der Waals surface area contributed by atoms with Crippen molar-refractivity contribution >= 4 is 11.9 Å². The number of hydrogen-bond acceptors (Lipinski definition) is 4. The monoisotopic (exact) mass is 243 g/mol. The van der Waals surface area contributed by atoms with Gasteiger partial charge in [-0.1, -0.05) is 0 Å². The molecule has 5 nitrogen and oxygen atoms in total. The zero-order valence-electron chi connectivity index (χ0n) is 10.4. The summed E-state index contributed by atoms with van der Waals surface area (Å²) in [5.41, 5.74) is 0. The lowest BCUT2D eigenvalue weighted by atomic mass is 9.97. The van der Waals surface area contributed by atoms with Gasteiger partial charge in [-0.05, 0) is 25.7 Å². The Morgan fingerprint density at radius 1 is 1.29 bits per heavy atom. The number of likely N-dealkylation sites (tertiary alicyclic amines) is 1. The lowest BCUT2D eigenvalue weighted by molar-refractivity contribution is -0.146. The largest absolute Gasteiger partial charge is 0.466 e. The molecule has 17 heavy (non-hydrogen) atoms. The maximum Gasteiger partial charge on any atom is 0.306 e. The summed E-state index contributed by atoms with van der Waals surface area (Å²) in [5, 5.41) is 8.99. The fourth-order valence-corrected chi connectivity index (χ4v) is 1.97. The van der Waals surface area contributed by atoms with E-state index in [1.54, 1.807) is 11.8 Å². The van der Waals surface area contributed by atoms with Gasteiger partial charge in [-0.15, -0.1) is 0 Å². The Morgan fingerprint density at radius 2 is 1.94 bits per heavy atom. The topological polar surface area (TPSA) is 66.8 Å². The molecule has 0 unspecified atom stereocenters. The van der Waals surface area contributed by atoms with Crippen molar-refractivity contribution < 1.29 is 19.4 Å². The highest BCUT2D eigenvalue weighted by Gasteiger charge is 2.22. The normalized spacial score (nSPS) is 16.9. The second kappa shape index (κ2) is 7.27. The smallest absolute Gasteiger partial charge is 0.306 e. The minimum Gasteiger partial charge on any atom is -0.466 e. The molecule has 0 saturated carbocycles. The molecule has 1 rings (SSSR count). The van der Waals surface area contributed by atoms with Crippen molar-refractivity contribution in [2.75, 3.05) is 26.3 Å². The minimum absolute atomic E-state index is 0.00874. The van der Waals surface area contributed by atoms with Crippen LogP contribution in [-0.2, 0) is 14.3 Å². The fourth-order valence-electron chi connectivity index (χ4n) is 1.97. The van der Waals surface area contributed by atoms with E-state index >= 15 is 0 Å². The van der Waals surface area contributed by atoms with E-state index in [1.165, 1.54) is 0 Å². The second-order valence-corrected chi connectivity index (χ2v) is 4.31. The highest BCUT2D eigenvalue weighted by Crippen LogP contribution is 2.17. The number of carbonyl (C=O) groups is 2. The summed E-state index contributed by atoms with van der Waals surface area (Å²) in [6.07, 6.45) is 2.08. The van der Waals surface area contributed by atoms with Gasteiger partial charge < -0.3 is 14.7 Å². The number of ether oxygens (including phenoxy) is 1. The number of aliphatic hydroxyl groups is 1. The molecule has 5 heteroatoms. The van der Waals surface area contributed by atoms with Crippen molar-refractivity contribution in [2.45, 2.75) is 32.6 Å². The molecule has 98 valence electrons. The number of rotatable bonds is 5. The van der Waals surface area contributed by atoms with E-state index in [4.69, 9.17) is 9.84 Å². The Kier molecular flexibility index (Phi) is 5.97. The average molecular weight is 243 g/mol. The van der Waals surface area contributed by atoms with E-state index in [-0.39, 0.29) is 31.3 Å². The van der Waals surface area contributed by atoms with Crippen molar-refractivity contribution in [3.05, 3.63) is 0 Å². The van der Waals surface area contributed by atoms with Crippen molar-refractivity contribution in [3.63, 3.8) is 0 Å². The van der Waals surface area contributed by atoms with Crippen LogP contribution < -0.4 is 0 Å². The highest BCUT2D eigenvalue weighted by molar-refractivity contribution is 5.81. The van der Waals surface area contributed by atoms with Gasteiger partial charge in [0.1, 0.15) is 0 Å². The first-order valence-corrected chi connectivity index (χ1v) is 6.21. The number of hydrogen-bond donors (Lipinski definition) is 1. The highest BCUT2D eigenvalue weighted by atomic mass is 16.5. The summed E-state index contributed by atoms with van der Waals surface area (Å²) in [6.45, 7) is 3.68. The summed E-state index contributed by atoms with van der Waals surface area (Å²) < 4.78 is 4.77. The number of nitrogens with zero attached hydrogens (tertiary/aromatic N) is 1. The van der Waals surface area contributed by atoms with Crippen molar-refractivity contribution in [1.82, 2.24) is 4.90 Å². The lowest BCUT2D eigenvalue weighted by Crippen LogP contribution is -2.39. The van der Waals surface area contributed by atoms with Gasteiger partial charge in [0.05, 0.1) is 13.0 Å². The molecule has 1 aliphatic heterocycles. The summed E-state index contributed by atoms with van der Waals surface area (Å²) in [4.78, 5) is 24.6. The molecule has 1 aliphatic rings. The van der Waals surface area contributed by atoms with Crippen LogP contribution in [0.25, 0.3) is 0 Å². The number of piperidine rings is 1. The minimum atomic E-state index is -0.314. The zero-order chi connectivity index (χ0) is 12.7. The van der Waals surface area contributed by atoms with E-state index in [9.17, 15) is 9.59 Å². The first-order valence-electron chi connectivity index (χ1n) is 6.21. The molecule has 0 aromatic heterocycles. The van der Waals surface area contributed by atoms with E-state index < -0.39 is 0 Å². The van der Waals surface area contributed by atoms with Gasteiger partial charge in [-0.25, -0.2) is 0 Å². The van der Waals surface area contributed by atoms with Gasteiger partial charge in [-0.3, -0.25) is 9.59 Å². The fraction of sp³-hybridized carbons (Fsp3) is 0.833. The zero-order valence-corrected chi connectivity index (χ0v) is 10.4. The molecule has 0 bridgehead atoms. The molecule has 0 aromatic rings. The van der Waals surface area contributed by atoms with Gasteiger partial charge in [0.15, 0.2) is 0 Å². The maximum absolute atomic E-state index is 11.8. The molecule has 0 spiro atoms. The quantitative estimate of drug-likeness (QED) is 0.716. The molecule has 0 radical (unpaired) electrons. The first-order chi connectivity index (χ1) is 8.17. The maximum atomic E-state index is 11.8. The van der Waals surface area contributed by atoms with Gasteiger partial charge in [-0.2, -0.15) is 0 Å². The molecule has 1 fully saturated rings. The molecule has 1 heterocycles. The van der Waals surface area contributed by atoms with E-state index in [0.29, 0.717) is 25.6 Å². The molecule has 0 aliphatic carbocycles. The predicted molar refractivity (Wildman–Crippen MR) is 62.3 cm³/mol. The molecule has 1 N–H and O–H groups in total. The Bertz CT molecular complexity index is 259. The van der Waals surface area contributed by atoms with Crippen LogP contribution >= 0.6 is 0 Å². The van der Waals surface area contributed by atoms with Gasteiger partial charge in [0, 0.05) is 26.1 Å². The van der Waals surface area contributed by atoms with Gasteiger partial charge in [0.25, 0.3) is 0 Å². The molecule has 0 atom stereocenters. The van der Waals surface area contributed by atoms with Crippen LogP contribution in [-0.4, -0.2) is 48.2 Å². The Hall–Kier alpha value is -1.10. The van der Waals surface area contributed by atoms with Crippen LogP contribution in [0.1, 0.15) is 32.6 Å². The number of esters is 1. The second-order valence-electron chi connectivity index (χ2n) is 4.31. The van der Waals surface area contributed by atoms with E-state index in [0.717, 1.165) is 12.8 Å². The van der Waals surface area contributed by atoms with Crippen LogP contribution in [0.4, 0.5) is 0 Å². The average Bonchev–Trinajstić information content (AvgIpc) is 2.36. The predicted octanol–water partition coefficient (Wildman–Crippen LogP) is 0.561. The SMILES string of the molecule is CCOC(=O)CCC(=O)N1CCC(CO)CC1. The third-order valence-electron chi connectivity index (χ3n) is 3.07. The molecular formula is C12H21NO4. The van der Waals surface area contributed by atoms with Crippen LogP contribution in [0.2, 0.25) is 0 Å². The lowest BCUT2D eigenvalue weighted by Gasteiger charge is -2.31. The third-order valence-corrected chi connectivity index (χ3v) is 3.07. The molecular weight excluding hydrogens is 222 g/mol. The Morgan fingerprint density at radius 3 is 2.47 bits per heavy atom. The van der Waals surface area contributed by atoms with E-state index in [2.05, 4.69) is 0 Å². The Labute approximate surface area is 102 Å². The first kappa shape index (κ1) is 14.0. The number of amides is 1. The summed E-state index contributed by atoms with van der Waals surface area (Å²) >= 11 is 0. The van der Waals surface area contributed by atoms with Crippen molar-refractivity contribution in [2.24, 2.45) is 5.92 Å². The van der Waals surface area contributed by atoms with Crippen molar-refractivity contribution in [1.29, 1.82) is 0 Å².